The van der Waals surface area contributed by atoms with Crippen LogP contribution in [0.5, 0.6) is 0 Å². The Balaban J connectivity index is 1.94. The third kappa shape index (κ3) is 3.75. The number of hydrogen-bond donors (Lipinski definition) is 2. The molecular formula is C17H20N2O3. The zero-order valence-electron chi connectivity index (χ0n) is 12.9. The van der Waals surface area contributed by atoms with E-state index < -0.39 is 11.9 Å². The monoisotopic (exact) mass is 300 g/mol. The van der Waals surface area contributed by atoms with E-state index in [4.69, 9.17) is 4.42 Å². The molecule has 2 amide bonds. The molecule has 0 bridgehead atoms. The topological polar surface area (TPSA) is 71.3 Å². The minimum Gasteiger partial charge on any atom is -0.459 e. The average molecular weight is 300 g/mol. The molecule has 1 heterocycles. The Morgan fingerprint density at radius 2 is 1.77 bits per heavy atom. The maximum absolute atomic E-state index is 12.2. The summed E-state index contributed by atoms with van der Waals surface area (Å²) in [6, 6.07) is 10.3. The highest BCUT2D eigenvalue weighted by atomic mass is 16.3. The fourth-order valence-electron chi connectivity index (χ4n) is 2.23. The minimum absolute atomic E-state index is 0.128. The van der Waals surface area contributed by atoms with E-state index in [1.807, 2.05) is 38.1 Å². The molecule has 2 atom stereocenters. The predicted octanol–water partition coefficient (Wildman–Crippen LogP) is 2.58. The van der Waals surface area contributed by atoms with Crippen molar-refractivity contribution in [2.24, 2.45) is 0 Å². The smallest absolute Gasteiger partial charge is 0.287 e. The molecule has 0 aliphatic heterocycles. The molecule has 5 nitrogen and oxygen atoms in total. The van der Waals surface area contributed by atoms with Crippen molar-refractivity contribution < 1.29 is 14.0 Å². The van der Waals surface area contributed by atoms with Crippen molar-refractivity contribution in [2.75, 3.05) is 0 Å². The van der Waals surface area contributed by atoms with Crippen LogP contribution in [0.1, 0.15) is 41.6 Å². The molecule has 0 radical (unpaired) electrons. The molecule has 0 aliphatic rings. The van der Waals surface area contributed by atoms with Gasteiger partial charge in [-0.2, -0.15) is 0 Å². The lowest BCUT2D eigenvalue weighted by Gasteiger charge is -2.19. The van der Waals surface area contributed by atoms with Crippen molar-refractivity contribution in [2.45, 2.75) is 32.9 Å². The Morgan fingerprint density at radius 3 is 2.41 bits per heavy atom. The second kappa shape index (κ2) is 6.93. The number of benzene rings is 1. The van der Waals surface area contributed by atoms with Crippen molar-refractivity contribution in [1.29, 1.82) is 0 Å². The lowest BCUT2D eigenvalue weighted by atomic mass is 10.0. The molecule has 2 aromatic rings. The van der Waals surface area contributed by atoms with E-state index in [2.05, 4.69) is 10.6 Å². The van der Waals surface area contributed by atoms with E-state index in [1.54, 1.807) is 19.1 Å². The summed E-state index contributed by atoms with van der Waals surface area (Å²) in [6.45, 7) is 5.56. The first-order chi connectivity index (χ1) is 10.5. The summed E-state index contributed by atoms with van der Waals surface area (Å²) in [4.78, 5) is 24.0. The zero-order valence-corrected chi connectivity index (χ0v) is 12.9. The fraction of sp³-hybridized carbons (Fsp3) is 0.294. The Bertz CT molecular complexity index is 650. The Hall–Kier alpha value is -2.56. The summed E-state index contributed by atoms with van der Waals surface area (Å²) in [5.41, 5.74) is 2.17. The molecule has 1 aromatic heterocycles. The van der Waals surface area contributed by atoms with Crippen LogP contribution in [0.25, 0.3) is 0 Å². The number of nitrogens with one attached hydrogen (secondary N) is 2. The molecular weight excluding hydrogens is 280 g/mol. The van der Waals surface area contributed by atoms with Gasteiger partial charge in [0.2, 0.25) is 5.91 Å². The number of aryl methyl sites for hydroxylation is 1. The lowest BCUT2D eigenvalue weighted by molar-refractivity contribution is -0.123. The molecule has 2 rings (SSSR count). The maximum atomic E-state index is 12.2. The standard InChI is InChI=1S/C17H20N2O3/c1-11-7-4-5-8-14(11)12(2)18-16(20)13(3)19-17(21)15-9-6-10-22-15/h4-10,12-13H,1-3H3,(H,18,20)(H,19,21). The van der Waals surface area contributed by atoms with E-state index >= 15 is 0 Å². The van der Waals surface area contributed by atoms with Crippen LogP contribution in [-0.4, -0.2) is 17.9 Å². The van der Waals surface area contributed by atoms with Crippen LogP contribution < -0.4 is 10.6 Å². The second-order valence-corrected chi connectivity index (χ2v) is 5.26. The van der Waals surface area contributed by atoms with Gasteiger partial charge in [-0.05, 0) is 44.0 Å². The number of rotatable bonds is 5. The van der Waals surface area contributed by atoms with Gasteiger partial charge in [-0.1, -0.05) is 24.3 Å². The molecule has 0 saturated carbocycles. The summed E-state index contributed by atoms with van der Waals surface area (Å²) in [5.74, 6) is -0.460. The molecule has 2 N–H and O–H groups in total. The molecule has 0 spiro atoms. The number of furan rings is 1. The van der Waals surface area contributed by atoms with Gasteiger partial charge in [0.15, 0.2) is 5.76 Å². The minimum atomic E-state index is -0.649. The van der Waals surface area contributed by atoms with E-state index in [1.165, 1.54) is 6.26 Å². The van der Waals surface area contributed by atoms with Crippen molar-refractivity contribution in [3.8, 4) is 0 Å². The Kier molecular flexibility index (Phi) is 4.99. The van der Waals surface area contributed by atoms with Crippen LogP contribution in [0.15, 0.2) is 47.1 Å². The van der Waals surface area contributed by atoms with Crippen molar-refractivity contribution in [1.82, 2.24) is 10.6 Å². The summed E-state index contributed by atoms with van der Waals surface area (Å²) in [5, 5.41) is 5.51. The summed E-state index contributed by atoms with van der Waals surface area (Å²) >= 11 is 0. The average Bonchev–Trinajstić information content (AvgIpc) is 3.01. The molecule has 116 valence electrons. The number of carbonyl (C=O) groups excluding carboxylic acids is 2. The first-order valence-corrected chi connectivity index (χ1v) is 7.19. The molecule has 2 unspecified atom stereocenters. The van der Waals surface area contributed by atoms with Crippen molar-refractivity contribution in [3.63, 3.8) is 0 Å². The number of carbonyl (C=O) groups is 2. The summed E-state index contributed by atoms with van der Waals surface area (Å²) < 4.78 is 5.00. The number of amides is 2. The molecule has 0 aliphatic carbocycles. The summed E-state index contributed by atoms with van der Waals surface area (Å²) in [7, 11) is 0. The highest BCUT2D eigenvalue weighted by molar-refractivity contribution is 5.95. The fourth-order valence-corrected chi connectivity index (χ4v) is 2.23. The zero-order chi connectivity index (χ0) is 16.1. The highest BCUT2D eigenvalue weighted by Gasteiger charge is 2.20. The SMILES string of the molecule is Cc1ccccc1C(C)NC(=O)C(C)NC(=O)c1ccco1. The predicted molar refractivity (Wildman–Crippen MR) is 83.4 cm³/mol. The van der Waals surface area contributed by atoms with E-state index in [0.717, 1.165) is 11.1 Å². The number of hydrogen-bond acceptors (Lipinski definition) is 3. The largest absolute Gasteiger partial charge is 0.459 e. The van der Waals surface area contributed by atoms with Gasteiger partial charge in [0, 0.05) is 0 Å². The Labute approximate surface area is 129 Å². The van der Waals surface area contributed by atoms with Gasteiger partial charge in [-0.25, -0.2) is 0 Å². The van der Waals surface area contributed by atoms with Crippen LogP contribution in [0.2, 0.25) is 0 Å². The Morgan fingerprint density at radius 1 is 1.05 bits per heavy atom. The van der Waals surface area contributed by atoms with E-state index in [-0.39, 0.29) is 17.7 Å². The van der Waals surface area contributed by atoms with Crippen LogP contribution in [-0.2, 0) is 4.79 Å². The van der Waals surface area contributed by atoms with Crippen LogP contribution in [0, 0.1) is 6.92 Å². The molecule has 1 aromatic carbocycles. The first-order valence-electron chi connectivity index (χ1n) is 7.19. The van der Waals surface area contributed by atoms with E-state index in [0.29, 0.717) is 0 Å². The lowest BCUT2D eigenvalue weighted by Crippen LogP contribution is -2.45. The molecule has 22 heavy (non-hydrogen) atoms. The summed E-state index contributed by atoms with van der Waals surface area (Å²) in [6.07, 6.45) is 1.42. The van der Waals surface area contributed by atoms with Gasteiger partial charge >= 0.3 is 0 Å². The van der Waals surface area contributed by atoms with Crippen LogP contribution >= 0.6 is 0 Å². The third-order valence-electron chi connectivity index (χ3n) is 3.50. The quantitative estimate of drug-likeness (QED) is 0.891. The van der Waals surface area contributed by atoms with Gasteiger partial charge < -0.3 is 15.1 Å². The van der Waals surface area contributed by atoms with Gasteiger partial charge in [0.05, 0.1) is 12.3 Å². The van der Waals surface area contributed by atoms with Gasteiger partial charge in [0.1, 0.15) is 6.04 Å². The maximum Gasteiger partial charge on any atom is 0.287 e. The normalized spacial score (nSPS) is 13.2. The van der Waals surface area contributed by atoms with Gasteiger partial charge in [-0.15, -0.1) is 0 Å². The molecule has 0 fully saturated rings. The second-order valence-electron chi connectivity index (χ2n) is 5.26. The van der Waals surface area contributed by atoms with Gasteiger partial charge in [-0.3, -0.25) is 9.59 Å². The first kappa shape index (κ1) is 15.8. The molecule has 5 heteroatoms. The molecule has 0 saturated heterocycles. The van der Waals surface area contributed by atoms with Crippen molar-refractivity contribution >= 4 is 11.8 Å². The third-order valence-corrected chi connectivity index (χ3v) is 3.50. The van der Waals surface area contributed by atoms with Crippen LogP contribution in [0.4, 0.5) is 0 Å². The van der Waals surface area contributed by atoms with Gasteiger partial charge in [0.25, 0.3) is 5.91 Å². The van der Waals surface area contributed by atoms with Crippen LogP contribution in [0.3, 0.4) is 0 Å². The van der Waals surface area contributed by atoms with Crippen molar-refractivity contribution in [3.05, 3.63) is 59.5 Å². The highest BCUT2D eigenvalue weighted by Crippen LogP contribution is 2.16. The van der Waals surface area contributed by atoms with E-state index in [9.17, 15) is 9.59 Å².